The Labute approximate surface area is 161 Å². The molecule has 0 N–H and O–H groups in total. The number of carbonyl (C=O) groups is 1. The van der Waals surface area contributed by atoms with E-state index in [4.69, 9.17) is 27.9 Å². The Morgan fingerprint density at radius 3 is 2.52 bits per heavy atom. The number of rotatable bonds is 2. The van der Waals surface area contributed by atoms with Crippen LogP contribution in [0.2, 0.25) is 0 Å². The highest BCUT2D eigenvalue weighted by molar-refractivity contribution is 8.00. The van der Waals surface area contributed by atoms with Gasteiger partial charge in [-0.2, -0.15) is 0 Å². The first-order valence-electron chi connectivity index (χ1n) is 8.04. The number of para-hydroxylation sites is 1. The maximum absolute atomic E-state index is 12.9. The summed E-state index contributed by atoms with van der Waals surface area (Å²) < 4.78 is 3.77. The molecule has 3 nitrogen and oxygen atoms in total. The van der Waals surface area contributed by atoms with Crippen molar-refractivity contribution >= 4 is 46.6 Å². The Kier molecular flexibility index (Phi) is 3.98. The fraction of sp³-hybridized carbons (Fsp3) is 0.316. The van der Waals surface area contributed by atoms with Crippen LogP contribution in [0.15, 0.2) is 53.4 Å². The molecule has 0 radical (unpaired) electrons. The molecule has 0 unspecified atom stereocenters. The summed E-state index contributed by atoms with van der Waals surface area (Å²) in [4.78, 5) is 15.7. The van der Waals surface area contributed by atoms with E-state index in [2.05, 4.69) is 6.92 Å². The van der Waals surface area contributed by atoms with Gasteiger partial charge in [-0.1, -0.05) is 54.4 Å². The van der Waals surface area contributed by atoms with Crippen LogP contribution in [0.1, 0.15) is 18.9 Å². The molecule has 2 aromatic rings. The van der Waals surface area contributed by atoms with Crippen molar-refractivity contribution in [1.82, 2.24) is 0 Å². The van der Waals surface area contributed by atoms with Crippen LogP contribution < -0.4 is 9.64 Å². The van der Waals surface area contributed by atoms with Crippen molar-refractivity contribution < 1.29 is 9.53 Å². The van der Waals surface area contributed by atoms with Gasteiger partial charge in [0.1, 0.15) is 11.3 Å². The Morgan fingerprint density at radius 2 is 1.84 bits per heavy atom. The van der Waals surface area contributed by atoms with Crippen molar-refractivity contribution in [2.24, 2.45) is 0 Å². The number of fused-ring (bicyclic) bond motifs is 3. The van der Waals surface area contributed by atoms with E-state index in [1.165, 1.54) is 0 Å². The van der Waals surface area contributed by atoms with Crippen molar-refractivity contribution in [3.63, 3.8) is 0 Å². The summed E-state index contributed by atoms with van der Waals surface area (Å²) in [6.45, 7) is 2.14. The van der Waals surface area contributed by atoms with E-state index in [1.807, 2.05) is 48.5 Å². The van der Waals surface area contributed by atoms with Crippen LogP contribution >= 0.6 is 35.0 Å². The highest BCUT2D eigenvalue weighted by Crippen LogP contribution is 2.63. The molecule has 0 aliphatic carbocycles. The third kappa shape index (κ3) is 2.24. The fourth-order valence-corrected chi connectivity index (χ4v) is 5.73. The zero-order valence-electron chi connectivity index (χ0n) is 13.8. The van der Waals surface area contributed by atoms with Gasteiger partial charge in [0, 0.05) is 10.1 Å². The average molecular weight is 394 g/mol. The van der Waals surface area contributed by atoms with E-state index in [0.717, 1.165) is 21.9 Å². The number of halogens is 2. The number of benzene rings is 2. The number of methoxy groups -OCH3 is 1. The van der Waals surface area contributed by atoms with E-state index in [0.29, 0.717) is 6.42 Å². The number of ether oxygens (including phenoxy) is 1. The molecule has 2 aliphatic rings. The minimum atomic E-state index is -1.49. The monoisotopic (exact) mass is 393 g/mol. The van der Waals surface area contributed by atoms with Crippen LogP contribution in [-0.2, 0) is 10.3 Å². The molecule has 6 heteroatoms. The first kappa shape index (κ1) is 17.1. The fourth-order valence-electron chi connectivity index (χ4n) is 3.82. The van der Waals surface area contributed by atoms with E-state index in [9.17, 15) is 4.79 Å². The lowest BCUT2D eigenvalue weighted by Crippen LogP contribution is -2.76. The van der Waals surface area contributed by atoms with E-state index in [1.54, 1.807) is 23.8 Å². The van der Waals surface area contributed by atoms with Gasteiger partial charge in [0.25, 0.3) is 5.91 Å². The van der Waals surface area contributed by atoms with Gasteiger partial charge in [0.2, 0.25) is 4.33 Å². The summed E-state index contributed by atoms with van der Waals surface area (Å²) in [5, 5.41) is 0.248. The van der Waals surface area contributed by atoms with Crippen LogP contribution in [0.5, 0.6) is 5.75 Å². The highest BCUT2D eigenvalue weighted by Gasteiger charge is 2.72. The molecule has 2 aliphatic heterocycles. The normalized spacial score (nSPS) is 27.0. The second-order valence-electron chi connectivity index (χ2n) is 6.40. The maximum atomic E-state index is 12.9. The molecule has 1 saturated heterocycles. The summed E-state index contributed by atoms with van der Waals surface area (Å²) in [7, 11) is 1.63. The molecular weight excluding hydrogens is 377 g/mol. The molecule has 0 aromatic heterocycles. The van der Waals surface area contributed by atoms with Crippen molar-refractivity contribution in [2.45, 2.75) is 33.4 Å². The lowest BCUT2D eigenvalue weighted by atomic mass is 9.72. The molecule has 1 fully saturated rings. The van der Waals surface area contributed by atoms with Gasteiger partial charge < -0.3 is 4.74 Å². The molecule has 130 valence electrons. The lowest BCUT2D eigenvalue weighted by molar-refractivity contribution is -0.129. The van der Waals surface area contributed by atoms with Crippen molar-refractivity contribution in [3.05, 3.63) is 54.1 Å². The number of thioether (sulfide) groups is 1. The van der Waals surface area contributed by atoms with Crippen LogP contribution in [0.3, 0.4) is 0 Å². The van der Waals surface area contributed by atoms with E-state index < -0.39 is 9.87 Å². The third-order valence-electron chi connectivity index (χ3n) is 4.96. The SMILES string of the molecule is COc1ccc([C@]23C[C@@H](C)Sc4ccccc4N2C(=O)C3(Cl)Cl)cc1. The number of nitrogens with zero attached hydrogens (tertiary/aromatic N) is 1. The molecule has 4 rings (SSSR count). The van der Waals surface area contributed by atoms with E-state index >= 15 is 0 Å². The van der Waals surface area contributed by atoms with Crippen molar-refractivity contribution in [3.8, 4) is 5.75 Å². The lowest BCUT2D eigenvalue weighted by Gasteiger charge is -2.59. The van der Waals surface area contributed by atoms with Crippen molar-refractivity contribution in [2.75, 3.05) is 12.0 Å². The van der Waals surface area contributed by atoms with Gasteiger partial charge in [-0.3, -0.25) is 9.69 Å². The van der Waals surface area contributed by atoms with Crippen LogP contribution in [0, 0.1) is 0 Å². The quantitative estimate of drug-likeness (QED) is 0.531. The second kappa shape index (κ2) is 5.83. The number of hydrogen-bond acceptors (Lipinski definition) is 3. The first-order chi connectivity index (χ1) is 11.9. The summed E-state index contributed by atoms with van der Waals surface area (Å²) in [6.07, 6.45) is 0.664. The van der Waals surface area contributed by atoms with Gasteiger partial charge in [-0.15, -0.1) is 11.8 Å². The van der Waals surface area contributed by atoms with Crippen LogP contribution in [0.25, 0.3) is 0 Å². The zero-order valence-corrected chi connectivity index (χ0v) is 16.2. The van der Waals surface area contributed by atoms with Gasteiger partial charge in [-0.25, -0.2) is 0 Å². The molecular formula is C19H17Cl2NO2S. The predicted molar refractivity (Wildman–Crippen MR) is 103 cm³/mol. The Hall–Kier alpha value is -1.36. The summed E-state index contributed by atoms with van der Waals surface area (Å²) in [6, 6.07) is 15.6. The largest absolute Gasteiger partial charge is 0.497 e. The number of hydrogen-bond donors (Lipinski definition) is 0. The number of alkyl halides is 2. The average Bonchev–Trinajstić information content (AvgIpc) is 2.74. The minimum Gasteiger partial charge on any atom is -0.497 e. The van der Waals surface area contributed by atoms with E-state index in [-0.39, 0.29) is 11.2 Å². The number of carbonyl (C=O) groups excluding carboxylic acids is 1. The standard InChI is InChI=1S/C19H17Cl2NO2S/c1-12-11-18(13-7-9-14(24-2)10-8-13)19(20,21)17(23)22(18)15-5-3-4-6-16(15)25-12/h3-10,12H,11H2,1-2H3/t12-,18+/m1/s1. The number of β-lactam (4-membered cyclic amide) rings is 1. The number of anilines is 1. The van der Waals surface area contributed by atoms with Gasteiger partial charge in [0.05, 0.1) is 12.8 Å². The van der Waals surface area contributed by atoms with Gasteiger partial charge in [0.15, 0.2) is 0 Å². The summed E-state index contributed by atoms with van der Waals surface area (Å²) in [5.41, 5.74) is 0.995. The topological polar surface area (TPSA) is 29.5 Å². The van der Waals surface area contributed by atoms with Crippen LogP contribution in [0.4, 0.5) is 5.69 Å². The molecule has 25 heavy (non-hydrogen) atoms. The highest BCUT2D eigenvalue weighted by atomic mass is 35.5. The molecule has 2 atom stereocenters. The minimum absolute atomic E-state index is 0.248. The molecule has 0 saturated carbocycles. The molecule has 2 heterocycles. The Bertz CT molecular complexity index is 840. The van der Waals surface area contributed by atoms with Crippen molar-refractivity contribution in [1.29, 1.82) is 0 Å². The number of amides is 1. The van der Waals surface area contributed by atoms with Gasteiger partial charge >= 0.3 is 0 Å². The zero-order chi connectivity index (χ0) is 17.8. The molecule has 2 aromatic carbocycles. The predicted octanol–water partition coefficient (Wildman–Crippen LogP) is 5.00. The van der Waals surface area contributed by atoms with Crippen LogP contribution in [-0.4, -0.2) is 22.6 Å². The summed E-state index contributed by atoms with van der Waals surface area (Å²) in [5.74, 6) is 0.484. The second-order valence-corrected chi connectivity index (χ2v) is 9.21. The molecule has 0 spiro atoms. The summed E-state index contributed by atoms with van der Waals surface area (Å²) >= 11 is 15.0. The first-order valence-corrected chi connectivity index (χ1v) is 9.68. The third-order valence-corrected chi connectivity index (χ3v) is 7.07. The molecule has 0 bridgehead atoms. The maximum Gasteiger partial charge on any atom is 0.267 e. The smallest absolute Gasteiger partial charge is 0.267 e. The van der Waals surface area contributed by atoms with Gasteiger partial charge in [-0.05, 0) is 36.2 Å². The Balaban J connectivity index is 1.94. The molecule has 1 amide bonds. The Morgan fingerprint density at radius 1 is 1.16 bits per heavy atom.